The normalized spacial score (nSPS) is 19.2. The molecule has 4 rings (SSSR count). The number of nitrogens with one attached hydrogen (secondary N) is 2. The van der Waals surface area contributed by atoms with Crippen LogP contribution in [0.1, 0.15) is 62.3 Å². The minimum absolute atomic E-state index is 0.0417. The van der Waals surface area contributed by atoms with Gasteiger partial charge in [-0.1, -0.05) is 12.1 Å². The molecule has 1 saturated heterocycles. The smallest absolute Gasteiger partial charge is 0.329 e. The number of likely N-dealkylation sites (tertiary alicyclic amines) is 1. The van der Waals surface area contributed by atoms with Gasteiger partial charge in [-0.3, -0.25) is 9.52 Å². The van der Waals surface area contributed by atoms with E-state index in [9.17, 15) is 9.59 Å². The van der Waals surface area contributed by atoms with Gasteiger partial charge in [-0.05, 0) is 105 Å². The average Bonchev–Trinajstić information content (AvgIpc) is 3.36. The van der Waals surface area contributed by atoms with E-state index in [0.29, 0.717) is 0 Å². The lowest BCUT2D eigenvalue weighted by Crippen LogP contribution is -2.45. The van der Waals surface area contributed by atoms with E-state index in [4.69, 9.17) is 4.74 Å². The fourth-order valence-electron chi connectivity index (χ4n) is 4.09. The number of nitrogens with zero attached hydrogens (tertiary/aromatic N) is 1. The molecular formula is C24H35N3O3S. The monoisotopic (exact) mass is 445 g/mol. The van der Waals surface area contributed by atoms with Gasteiger partial charge in [0.15, 0.2) is 0 Å². The number of benzene rings is 1. The zero-order chi connectivity index (χ0) is 22.4. The number of ether oxygens (including phenoxy) is 1. The van der Waals surface area contributed by atoms with Crippen LogP contribution in [0.15, 0.2) is 17.6 Å². The minimum atomic E-state index is -0.176. The van der Waals surface area contributed by atoms with Crippen LogP contribution in [0.2, 0.25) is 0 Å². The third-order valence-electron chi connectivity index (χ3n) is 6.09. The Labute approximate surface area is 190 Å². The molecule has 0 spiro atoms. The van der Waals surface area contributed by atoms with Crippen LogP contribution in [0.3, 0.4) is 0 Å². The summed E-state index contributed by atoms with van der Waals surface area (Å²) in [6, 6.07) is 2.36. The van der Waals surface area contributed by atoms with E-state index in [0.717, 1.165) is 50.7 Å². The van der Waals surface area contributed by atoms with Gasteiger partial charge >= 0.3 is 6.03 Å². The average molecular weight is 446 g/mol. The summed E-state index contributed by atoms with van der Waals surface area (Å²) in [7, 11) is 1.71. The summed E-state index contributed by atoms with van der Waals surface area (Å²) in [5.74, 6) is 0. The van der Waals surface area contributed by atoms with Crippen LogP contribution in [0.5, 0.6) is 0 Å². The Kier molecular flexibility index (Phi) is 8.06. The van der Waals surface area contributed by atoms with Gasteiger partial charge in [-0.2, -0.15) is 0 Å². The molecule has 31 heavy (non-hydrogen) atoms. The standard InChI is InChI=1S/C19H23N3O2S.C5H12O/c23-12-22-9-7-15(22)8-10-25-21-19(24)20-18-16-5-1-3-13(16)11-14-4-2-6-17(14)18;1-5(2,3)6-4/h8,10-12,15H,1-7,9H2,(H2,20,21,24);1-4H3/b10-8+;. The molecule has 3 amide bonds. The molecule has 1 unspecified atom stereocenters. The Morgan fingerprint density at radius 3 is 2.26 bits per heavy atom. The predicted octanol–water partition coefficient (Wildman–Crippen LogP) is 4.61. The van der Waals surface area contributed by atoms with Crippen molar-refractivity contribution in [3.05, 3.63) is 39.8 Å². The number of amides is 3. The highest BCUT2D eigenvalue weighted by Gasteiger charge is 2.25. The maximum Gasteiger partial charge on any atom is 0.329 e. The molecule has 1 aromatic rings. The lowest BCUT2D eigenvalue weighted by Gasteiger charge is -2.35. The number of anilines is 1. The highest BCUT2D eigenvalue weighted by Crippen LogP contribution is 2.38. The highest BCUT2D eigenvalue weighted by molar-refractivity contribution is 8.00. The Bertz CT molecular complexity index is 800. The number of methoxy groups -OCH3 is 1. The molecule has 7 heteroatoms. The third-order valence-corrected chi connectivity index (χ3v) is 6.69. The van der Waals surface area contributed by atoms with Crippen molar-refractivity contribution in [1.29, 1.82) is 0 Å². The molecule has 2 aliphatic carbocycles. The number of aryl methyl sites for hydroxylation is 2. The molecule has 0 radical (unpaired) electrons. The number of rotatable bonds is 5. The van der Waals surface area contributed by atoms with Gasteiger partial charge in [0.05, 0.1) is 11.6 Å². The summed E-state index contributed by atoms with van der Waals surface area (Å²) in [5.41, 5.74) is 6.63. The molecule has 6 nitrogen and oxygen atoms in total. The van der Waals surface area contributed by atoms with E-state index >= 15 is 0 Å². The van der Waals surface area contributed by atoms with E-state index in [-0.39, 0.29) is 17.7 Å². The van der Waals surface area contributed by atoms with Crippen LogP contribution in [-0.4, -0.2) is 42.6 Å². The maximum atomic E-state index is 12.3. The van der Waals surface area contributed by atoms with Crippen molar-refractivity contribution in [3.63, 3.8) is 0 Å². The second-order valence-electron chi connectivity index (χ2n) is 9.25. The Balaban J connectivity index is 0.000000401. The lowest BCUT2D eigenvalue weighted by atomic mass is 9.99. The zero-order valence-electron chi connectivity index (χ0n) is 19.1. The Morgan fingerprint density at radius 2 is 1.77 bits per heavy atom. The van der Waals surface area contributed by atoms with Crippen LogP contribution >= 0.6 is 11.9 Å². The molecule has 1 aromatic carbocycles. The number of hydrogen-bond acceptors (Lipinski definition) is 4. The first-order valence-corrected chi connectivity index (χ1v) is 12.0. The summed E-state index contributed by atoms with van der Waals surface area (Å²) in [5, 5.41) is 4.95. The predicted molar refractivity (Wildman–Crippen MR) is 127 cm³/mol. The Hall–Kier alpha value is -1.99. The highest BCUT2D eigenvalue weighted by atomic mass is 32.2. The number of fused-ring (bicyclic) bond motifs is 2. The summed E-state index contributed by atoms with van der Waals surface area (Å²) in [6.45, 7) is 6.88. The van der Waals surface area contributed by atoms with Crippen molar-refractivity contribution < 1.29 is 14.3 Å². The van der Waals surface area contributed by atoms with E-state index in [1.165, 1.54) is 47.0 Å². The number of carbonyl (C=O) groups is 2. The summed E-state index contributed by atoms with van der Waals surface area (Å²) in [4.78, 5) is 24.8. The molecule has 1 aliphatic heterocycles. The van der Waals surface area contributed by atoms with Gasteiger partial charge in [0, 0.05) is 19.3 Å². The van der Waals surface area contributed by atoms with Crippen molar-refractivity contribution in [3.8, 4) is 0 Å². The third kappa shape index (κ3) is 6.26. The van der Waals surface area contributed by atoms with Gasteiger partial charge < -0.3 is 15.0 Å². The topological polar surface area (TPSA) is 70.7 Å². The maximum absolute atomic E-state index is 12.3. The van der Waals surface area contributed by atoms with E-state index in [1.54, 1.807) is 12.0 Å². The van der Waals surface area contributed by atoms with Crippen molar-refractivity contribution in [2.24, 2.45) is 0 Å². The summed E-state index contributed by atoms with van der Waals surface area (Å²) >= 11 is 1.25. The minimum Gasteiger partial charge on any atom is -0.379 e. The molecule has 170 valence electrons. The van der Waals surface area contributed by atoms with Gasteiger partial charge in [-0.25, -0.2) is 4.79 Å². The number of urea groups is 1. The first-order valence-electron chi connectivity index (χ1n) is 11.1. The summed E-state index contributed by atoms with van der Waals surface area (Å²) in [6.07, 6.45) is 10.6. The van der Waals surface area contributed by atoms with Gasteiger partial charge in [0.2, 0.25) is 6.41 Å². The molecule has 0 bridgehead atoms. The second-order valence-corrected chi connectivity index (χ2v) is 9.96. The SMILES string of the molecule is COC(C)(C)C.O=CN1CCC1/C=C/SNC(=O)Nc1c2c(cc3c1CCC3)CCC2. The van der Waals surface area contributed by atoms with Gasteiger partial charge in [-0.15, -0.1) is 0 Å². The fourth-order valence-corrected chi connectivity index (χ4v) is 4.57. The lowest BCUT2D eigenvalue weighted by molar-refractivity contribution is -0.123. The molecule has 0 aromatic heterocycles. The molecular weight excluding hydrogens is 410 g/mol. The second kappa shape index (κ2) is 10.6. The van der Waals surface area contributed by atoms with Crippen molar-refractivity contribution in [2.45, 2.75) is 77.4 Å². The van der Waals surface area contributed by atoms with E-state index in [2.05, 4.69) is 16.1 Å². The fraction of sp³-hybridized carbons (Fsp3) is 0.583. The summed E-state index contributed by atoms with van der Waals surface area (Å²) < 4.78 is 7.76. The largest absolute Gasteiger partial charge is 0.379 e. The first kappa shape index (κ1) is 23.7. The molecule has 1 fully saturated rings. The van der Waals surface area contributed by atoms with Crippen LogP contribution < -0.4 is 10.0 Å². The van der Waals surface area contributed by atoms with Crippen molar-refractivity contribution in [1.82, 2.24) is 9.62 Å². The van der Waals surface area contributed by atoms with E-state index < -0.39 is 0 Å². The van der Waals surface area contributed by atoms with Crippen LogP contribution in [-0.2, 0) is 35.2 Å². The van der Waals surface area contributed by atoms with Crippen molar-refractivity contribution >= 4 is 30.1 Å². The molecule has 0 saturated carbocycles. The van der Waals surface area contributed by atoms with Gasteiger partial charge in [0.1, 0.15) is 0 Å². The van der Waals surface area contributed by atoms with Gasteiger partial charge in [0.25, 0.3) is 0 Å². The molecule has 1 heterocycles. The molecule has 3 aliphatic rings. The first-order chi connectivity index (χ1) is 14.8. The van der Waals surface area contributed by atoms with Crippen LogP contribution in [0.25, 0.3) is 0 Å². The Morgan fingerprint density at radius 1 is 1.16 bits per heavy atom. The zero-order valence-corrected chi connectivity index (χ0v) is 19.9. The van der Waals surface area contributed by atoms with Crippen molar-refractivity contribution in [2.75, 3.05) is 19.0 Å². The molecule has 2 N–H and O–H groups in total. The number of hydrogen-bond donors (Lipinski definition) is 2. The number of carbonyl (C=O) groups excluding carboxylic acids is 2. The van der Waals surface area contributed by atoms with Crippen LogP contribution in [0, 0.1) is 0 Å². The molecule has 1 atom stereocenters. The van der Waals surface area contributed by atoms with E-state index in [1.807, 2.05) is 32.3 Å². The quantitative estimate of drug-likeness (QED) is 0.513. The van der Waals surface area contributed by atoms with Crippen LogP contribution in [0.4, 0.5) is 10.5 Å².